The Bertz CT molecular complexity index is 1010. The number of anilines is 1. The molecule has 1 atom stereocenters. The van der Waals surface area contributed by atoms with Gasteiger partial charge in [-0.05, 0) is 31.5 Å². The second-order valence-electron chi connectivity index (χ2n) is 6.10. The first-order chi connectivity index (χ1) is 14.0. The van der Waals surface area contributed by atoms with Crippen LogP contribution >= 0.6 is 11.8 Å². The Morgan fingerprint density at radius 3 is 2.66 bits per heavy atom. The van der Waals surface area contributed by atoms with E-state index in [0.29, 0.717) is 29.6 Å². The number of nitro groups is 1. The molecule has 0 saturated carbocycles. The van der Waals surface area contributed by atoms with E-state index in [-0.39, 0.29) is 11.6 Å². The molecule has 0 fully saturated rings. The van der Waals surface area contributed by atoms with Gasteiger partial charge in [-0.25, -0.2) is 0 Å². The fraction of sp³-hybridized carbons (Fsp3) is 0.263. The lowest BCUT2D eigenvalue weighted by atomic mass is 10.2. The van der Waals surface area contributed by atoms with E-state index in [1.54, 1.807) is 18.5 Å². The summed E-state index contributed by atoms with van der Waals surface area (Å²) in [6.07, 6.45) is 3.95. The van der Waals surface area contributed by atoms with E-state index in [2.05, 4.69) is 20.5 Å². The molecule has 1 amide bonds. The summed E-state index contributed by atoms with van der Waals surface area (Å²) >= 11 is 1.32. The highest BCUT2D eigenvalue weighted by atomic mass is 32.2. The average molecular weight is 412 g/mol. The number of pyridine rings is 1. The van der Waals surface area contributed by atoms with Gasteiger partial charge in [-0.3, -0.25) is 19.9 Å². The molecule has 0 bridgehead atoms. The van der Waals surface area contributed by atoms with Crippen LogP contribution in [0.15, 0.2) is 53.9 Å². The molecular weight excluding hydrogens is 392 g/mol. The topological polar surface area (TPSA) is 116 Å². The van der Waals surface area contributed by atoms with Gasteiger partial charge >= 0.3 is 0 Å². The van der Waals surface area contributed by atoms with Crippen molar-refractivity contribution in [3.05, 3.63) is 58.9 Å². The lowest BCUT2D eigenvalue weighted by molar-refractivity contribution is -0.384. The molecule has 0 saturated heterocycles. The predicted molar refractivity (Wildman–Crippen MR) is 111 cm³/mol. The van der Waals surface area contributed by atoms with Crippen molar-refractivity contribution in [2.75, 3.05) is 5.32 Å². The molecule has 9 nitrogen and oxygen atoms in total. The van der Waals surface area contributed by atoms with E-state index < -0.39 is 10.2 Å². The fourth-order valence-electron chi connectivity index (χ4n) is 2.74. The third-order valence-electron chi connectivity index (χ3n) is 4.21. The van der Waals surface area contributed by atoms with Gasteiger partial charge in [0.25, 0.3) is 5.69 Å². The van der Waals surface area contributed by atoms with Crippen LogP contribution in [0.3, 0.4) is 0 Å². The smallest absolute Gasteiger partial charge is 0.271 e. The van der Waals surface area contributed by atoms with Crippen LogP contribution in [-0.4, -0.2) is 35.8 Å². The summed E-state index contributed by atoms with van der Waals surface area (Å²) in [7, 11) is 0. The van der Waals surface area contributed by atoms with Crippen LogP contribution in [0.4, 0.5) is 11.4 Å². The van der Waals surface area contributed by atoms with Crippen molar-refractivity contribution < 1.29 is 9.72 Å². The Balaban J connectivity index is 1.78. The highest BCUT2D eigenvalue weighted by molar-refractivity contribution is 8.00. The Kier molecular flexibility index (Phi) is 6.55. The monoisotopic (exact) mass is 412 g/mol. The van der Waals surface area contributed by atoms with Gasteiger partial charge in [0.1, 0.15) is 0 Å². The number of aromatic nitrogens is 4. The van der Waals surface area contributed by atoms with Gasteiger partial charge in [-0.15, -0.1) is 10.2 Å². The highest BCUT2D eigenvalue weighted by Gasteiger charge is 2.23. The van der Waals surface area contributed by atoms with E-state index in [1.165, 1.54) is 30.0 Å². The van der Waals surface area contributed by atoms with Crippen molar-refractivity contribution in [1.82, 2.24) is 19.7 Å². The van der Waals surface area contributed by atoms with Crippen molar-refractivity contribution >= 4 is 29.0 Å². The number of benzene rings is 1. The van der Waals surface area contributed by atoms with Gasteiger partial charge in [-0.2, -0.15) is 0 Å². The number of rotatable bonds is 8. The van der Waals surface area contributed by atoms with E-state index in [9.17, 15) is 14.9 Å². The van der Waals surface area contributed by atoms with Gasteiger partial charge < -0.3 is 9.88 Å². The van der Waals surface area contributed by atoms with Crippen LogP contribution in [0, 0.1) is 10.1 Å². The molecule has 0 aliphatic heterocycles. The molecule has 10 heteroatoms. The lowest BCUT2D eigenvalue weighted by Gasteiger charge is -2.15. The highest BCUT2D eigenvalue weighted by Crippen LogP contribution is 2.29. The zero-order chi connectivity index (χ0) is 20.8. The van der Waals surface area contributed by atoms with E-state index in [4.69, 9.17) is 0 Å². The Morgan fingerprint density at radius 2 is 2.00 bits per heavy atom. The summed E-state index contributed by atoms with van der Waals surface area (Å²) in [4.78, 5) is 27.2. The van der Waals surface area contributed by atoms with E-state index in [1.807, 2.05) is 30.5 Å². The van der Waals surface area contributed by atoms with Crippen LogP contribution in [-0.2, 0) is 11.3 Å². The molecule has 0 aliphatic rings. The minimum absolute atomic E-state index is 0.0729. The summed E-state index contributed by atoms with van der Waals surface area (Å²) in [5.74, 6) is 0.473. The molecule has 0 spiro atoms. The average Bonchev–Trinajstić information content (AvgIpc) is 3.15. The fourth-order valence-corrected chi connectivity index (χ4v) is 3.76. The number of carbonyl (C=O) groups excluding carboxylic acids is 1. The number of amides is 1. The summed E-state index contributed by atoms with van der Waals surface area (Å²) in [6, 6.07) is 9.60. The first kappa shape index (κ1) is 20.5. The second-order valence-corrected chi connectivity index (χ2v) is 7.27. The number of non-ortho nitro benzene ring substituents is 1. The van der Waals surface area contributed by atoms with Gasteiger partial charge in [0.05, 0.1) is 10.2 Å². The number of hydrogen-bond donors (Lipinski definition) is 1. The maximum atomic E-state index is 12.7. The standard InChI is InChI=1S/C19H20N6O3S/c1-3-16(18(26)21-14-6-5-7-15(12-14)25(27)28)29-19-23-22-17(24(19)4-2)13-8-10-20-11-9-13/h5-12,16H,3-4H2,1-2H3,(H,21,26)/t16-/m0/s1. The van der Waals surface area contributed by atoms with Crippen molar-refractivity contribution in [1.29, 1.82) is 0 Å². The zero-order valence-electron chi connectivity index (χ0n) is 16.0. The Labute approximate surface area is 171 Å². The summed E-state index contributed by atoms with van der Waals surface area (Å²) in [6.45, 7) is 4.54. The molecule has 3 rings (SSSR count). The van der Waals surface area contributed by atoms with Gasteiger partial charge in [0.15, 0.2) is 11.0 Å². The quantitative estimate of drug-likeness (QED) is 0.340. The Morgan fingerprint density at radius 1 is 1.24 bits per heavy atom. The molecule has 2 aromatic heterocycles. The third kappa shape index (κ3) is 4.77. The number of hydrogen-bond acceptors (Lipinski definition) is 7. The van der Waals surface area contributed by atoms with Crippen molar-refractivity contribution in [2.45, 2.75) is 37.2 Å². The molecule has 29 heavy (non-hydrogen) atoms. The van der Waals surface area contributed by atoms with E-state index >= 15 is 0 Å². The maximum Gasteiger partial charge on any atom is 0.271 e. The molecule has 1 N–H and O–H groups in total. The zero-order valence-corrected chi connectivity index (χ0v) is 16.8. The normalized spacial score (nSPS) is 11.8. The van der Waals surface area contributed by atoms with Crippen LogP contribution in [0.2, 0.25) is 0 Å². The van der Waals surface area contributed by atoms with Gasteiger partial charge in [0.2, 0.25) is 5.91 Å². The molecule has 1 aromatic carbocycles. The molecule has 2 heterocycles. The van der Waals surface area contributed by atoms with Crippen molar-refractivity contribution in [2.24, 2.45) is 0 Å². The number of nitro benzene ring substituents is 1. The minimum Gasteiger partial charge on any atom is -0.325 e. The van der Waals surface area contributed by atoms with Crippen molar-refractivity contribution in [3.8, 4) is 11.4 Å². The Hall–Kier alpha value is -3.27. The number of nitrogens with one attached hydrogen (secondary N) is 1. The number of nitrogens with zero attached hydrogens (tertiary/aromatic N) is 5. The largest absolute Gasteiger partial charge is 0.325 e. The second kappa shape index (κ2) is 9.28. The van der Waals surface area contributed by atoms with Gasteiger partial charge in [-0.1, -0.05) is 24.8 Å². The summed E-state index contributed by atoms with van der Waals surface area (Å²) in [5, 5.41) is 22.4. The van der Waals surface area contributed by atoms with Crippen LogP contribution < -0.4 is 5.32 Å². The van der Waals surface area contributed by atoms with Crippen LogP contribution in [0.1, 0.15) is 20.3 Å². The van der Waals surface area contributed by atoms with Crippen LogP contribution in [0.5, 0.6) is 0 Å². The predicted octanol–water partition coefficient (Wildman–Crippen LogP) is 3.78. The van der Waals surface area contributed by atoms with Crippen molar-refractivity contribution in [3.63, 3.8) is 0 Å². The van der Waals surface area contributed by atoms with Gasteiger partial charge in [0, 0.05) is 42.3 Å². The third-order valence-corrected chi connectivity index (χ3v) is 5.55. The molecule has 150 valence electrons. The molecular formula is C19H20N6O3S. The summed E-state index contributed by atoms with van der Waals surface area (Å²) < 4.78 is 1.95. The molecule has 0 aliphatic carbocycles. The minimum atomic E-state index is -0.494. The first-order valence-electron chi connectivity index (χ1n) is 9.09. The number of carbonyl (C=O) groups is 1. The summed E-state index contributed by atoms with van der Waals surface area (Å²) in [5.41, 5.74) is 1.21. The van der Waals surface area contributed by atoms with Crippen LogP contribution in [0.25, 0.3) is 11.4 Å². The lowest BCUT2D eigenvalue weighted by Crippen LogP contribution is -2.25. The maximum absolute atomic E-state index is 12.7. The SMILES string of the molecule is CC[C@H](Sc1nnc(-c2ccncc2)n1CC)C(=O)Nc1cccc([N+](=O)[O-])c1. The molecule has 0 radical (unpaired) electrons. The number of thioether (sulfide) groups is 1. The molecule has 0 unspecified atom stereocenters. The first-order valence-corrected chi connectivity index (χ1v) is 9.97. The van der Waals surface area contributed by atoms with E-state index in [0.717, 1.165) is 5.56 Å². The molecule has 3 aromatic rings.